The van der Waals surface area contributed by atoms with E-state index in [2.05, 4.69) is 101 Å². The Morgan fingerprint density at radius 3 is 0.667 bits per heavy atom. The fourth-order valence-corrected chi connectivity index (χ4v) is 4.05. The van der Waals surface area contributed by atoms with Gasteiger partial charge in [-0.25, -0.2) is 0 Å². The highest BCUT2D eigenvalue weighted by molar-refractivity contribution is 6.69. The summed E-state index contributed by atoms with van der Waals surface area (Å²) >= 11 is 0. The van der Waals surface area contributed by atoms with E-state index in [-0.39, 0.29) is 0 Å². The van der Waals surface area contributed by atoms with Crippen LogP contribution in [0.4, 0.5) is 0 Å². The van der Waals surface area contributed by atoms with Crippen LogP contribution in [0.25, 0.3) is 0 Å². The van der Waals surface area contributed by atoms with E-state index >= 15 is 0 Å². The molecule has 33 heavy (non-hydrogen) atoms. The van der Waals surface area contributed by atoms with E-state index in [1.165, 1.54) is 0 Å². The number of rotatable bonds is 3. The standard InChI is InChI=1S/C24H39B3O6/c1-19(2)20(3,4)29-25(28-19)16-13-17(26-30-21(5,6)22(7,8)31-26)15-18(14-16)27-32-23(9,10)24(11,12)33-27/h13-15H,1-12H3. The van der Waals surface area contributed by atoms with Crippen LogP contribution in [0, 0.1) is 0 Å². The monoisotopic (exact) mass is 456 g/mol. The largest absolute Gasteiger partial charge is 0.494 e. The second-order valence-electron chi connectivity index (χ2n) is 12.7. The molecule has 0 atom stereocenters. The molecule has 0 bridgehead atoms. The predicted octanol–water partition coefficient (Wildman–Crippen LogP) is 2.58. The molecule has 0 radical (unpaired) electrons. The van der Waals surface area contributed by atoms with Crippen molar-refractivity contribution in [3.05, 3.63) is 18.2 Å². The van der Waals surface area contributed by atoms with Crippen molar-refractivity contribution >= 4 is 37.7 Å². The van der Waals surface area contributed by atoms with Crippen molar-refractivity contribution in [1.29, 1.82) is 0 Å². The maximum atomic E-state index is 6.36. The first-order chi connectivity index (χ1) is 14.8. The van der Waals surface area contributed by atoms with Gasteiger partial charge in [-0.15, -0.1) is 0 Å². The van der Waals surface area contributed by atoms with Gasteiger partial charge in [0, 0.05) is 0 Å². The lowest BCUT2D eigenvalue weighted by Gasteiger charge is -2.32. The summed E-state index contributed by atoms with van der Waals surface area (Å²) in [5.74, 6) is 0. The van der Waals surface area contributed by atoms with Crippen LogP contribution in [0.15, 0.2) is 18.2 Å². The van der Waals surface area contributed by atoms with E-state index < -0.39 is 55.0 Å². The molecular formula is C24H39B3O6. The van der Waals surface area contributed by atoms with Gasteiger partial charge in [-0.3, -0.25) is 0 Å². The Hall–Kier alpha value is -0.825. The van der Waals surface area contributed by atoms with Crippen LogP contribution in [0.2, 0.25) is 0 Å². The van der Waals surface area contributed by atoms with E-state index in [0.717, 1.165) is 16.4 Å². The van der Waals surface area contributed by atoms with Crippen LogP contribution >= 0.6 is 0 Å². The van der Waals surface area contributed by atoms with E-state index in [1.54, 1.807) is 0 Å². The summed E-state index contributed by atoms with van der Waals surface area (Å²) in [4.78, 5) is 0. The minimum atomic E-state index is -0.515. The van der Waals surface area contributed by atoms with Crippen LogP contribution in [-0.4, -0.2) is 55.0 Å². The van der Waals surface area contributed by atoms with Gasteiger partial charge >= 0.3 is 21.4 Å². The Balaban J connectivity index is 1.75. The fourth-order valence-electron chi connectivity index (χ4n) is 4.05. The Labute approximate surface area is 200 Å². The Bertz CT molecular complexity index is 761. The molecule has 0 unspecified atom stereocenters. The molecule has 6 nitrogen and oxygen atoms in total. The Kier molecular flexibility index (Phi) is 5.62. The predicted molar refractivity (Wildman–Crippen MR) is 134 cm³/mol. The van der Waals surface area contributed by atoms with Crippen molar-refractivity contribution < 1.29 is 27.9 Å². The molecule has 0 saturated carbocycles. The average molecular weight is 456 g/mol. The molecule has 0 aromatic heterocycles. The van der Waals surface area contributed by atoms with Gasteiger partial charge in [0.1, 0.15) is 0 Å². The third kappa shape index (κ3) is 4.13. The highest BCUT2D eigenvalue weighted by Crippen LogP contribution is 2.39. The topological polar surface area (TPSA) is 55.4 Å². The molecule has 0 amide bonds. The highest BCUT2D eigenvalue weighted by Gasteiger charge is 2.56. The zero-order valence-electron chi connectivity index (χ0n) is 22.4. The molecule has 4 rings (SSSR count). The summed E-state index contributed by atoms with van der Waals surface area (Å²) in [7, 11) is -1.55. The van der Waals surface area contributed by atoms with Gasteiger partial charge in [0.05, 0.1) is 33.6 Å². The summed E-state index contributed by atoms with van der Waals surface area (Å²) in [5, 5.41) is 0. The molecule has 180 valence electrons. The molecule has 3 aliphatic rings. The molecule has 3 fully saturated rings. The SMILES string of the molecule is CC1(C)OB(c2cc(B3OC(C)(C)C(C)(C)O3)cc(B3OC(C)(C)C(C)(C)O3)c2)OC1(C)C. The molecule has 3 aliphatic heterocycles. The van der Waals surface area contributed by atoms with Gasteiger partial charge in [0.25, 0.3) is 0 Å². The number of benzene rings is 1. The molecule has 1 aromatic rings. The molecule has 3 saturated heterocycles. The third-order valence-electron chi connectivity index (χ3n) is 8.58. The molecule has 0 N–H and O–H groups in total. The van der Waals surface area contributed by atoms with Crippen LogP contribution in [0.3, 0.4) is 0 Å². The van der Waals surface area contributed by atoms with Crippen molar-refractivity contribution in [2.24, 2.45) is 0 Å². The summed E-state index contributed by atoms with van der Waals surface area (Å²) in [6.07, 6.45) is 0. The summed E-state index contributed by atoms with van der Waals surface area (Å²) in [6, 6.07) is 6.16. The molecular weight excluding hydrogens is 417 g/mol. The van der Waals surface area contributed by atoms with Crippen LogP contribution < -0.4 is 16.4 Å². The fraction of sp³-hybridized carbons (Fsp3) is 0.750. The normalized spacial score (nSPS) is 28.5. The maximum absolute atomic E-state index is 6.36. The van der Waals surface area contributed by atoms with Gasteiger partial charge in [-0.1, -0.05) is 18.2 Å². The zero-order chi connectivity index (χ0) is 24.8. The lowest BCUT2D eigenvalue weighted by atomic mass is 9.66. The molecule has 0 aliphatic carbocycles. The average Bonchev–Trinajstić information content (AvgIpc) is 3.10. The first-order valence-corrected chi connectivity index (χ1v) is 12.0. The minimum Gasteiger partial charge on any atom is -0.399 e. The van der Waals surface area contributed by atoms with E-state index in [9.17, 15) is 0 Å². The van der Waals surface area contributed by atoms with Crippen LogP contribution in [0.5, 0.6) is 0 Å². The highest BCUT2D eigenvalue weighted by atomic mass is 16.7. The van der Waals surface area contributed by atoms with Gasteiger partial charge < -0.3 is 27.9 Å². The van der Waals surface area contributed by atoms with E-state index in [1.807, 2.05) is 0 Å². The maximum Gasteiger partial charge on any atom is 0.494 e. The number of hydrogen-bond donors (Lipinski definition) is 0. The Morgan fingerprint density at radius 2 is 0.515 bits per heavy atom. The quantitative estimate of drug-likeness (QED) is 0.653. The second-order valence-corrected chi connectivity index (χ2v) is 12.7. The van der Waals surface area contributed by atoms with Gasteiger partial charge in [0.15, 0.2) is 0 Å². The molecule has 0 spiro atoms. The van der Waals surface area contributed by atoms with Crippen molar-refractivity contribution in [2.75, 3.05) is 0 Å². The van der Waals surface area contributed by atoms with E-state index in [4.69, 9.17) is 27.9 Å². The molecule has 9 heteroatoms. The van der Waals surface area contributed by atoms with Gasteiger partial charge in [-0.2, -0.15) is 0 Å². The van der Waals surface area contributed by atoms with E-state index in [0.29, 0.717) is 0 Å². The third-order valence-corrected chi connectivity index (χ3v) is 8.58. The second kappa shape index (κ2) is 7.34. The van der Waals surface area contributed by atoms with Crippen molar-refractivity contribution in [3.63, 3.8) is 0 Å². The number of hydrogen-bond acceptors (Lipinski definition) is 6. The van der Waals surface area contributed by atoms with Crippen molar-refractivity contribution in [2.45, 2.75) is 117 Å². The van der Waals surface area contributed by atoms with Crippen molar-refractivity contribution in [1.82, 2.24) is 0 Å². The molecule has 3 heterocycles. The zero-order valence-corrected chi connectivity index (χ0v) is 22.4. The summed E-state index contributed by atoms with van der Waals surface area (Å²) in [6.45, 7) is 24.7. The summed E-state index contributed by atoms with van der Waals surface area (Å²) in [5.41, 5.74) is 0.0305. The van der Waals surface area contributed by atoms with Crippen LogP contribution in [-0.2, 0) is 27.9 Å². The smallest absolute Gasteiger partial charge is 0.399 e. The Morgan fingerprint density at radius 1 is 0.364 bits per heavy atom. The van der Waals surface area contributed by atoms with Crippen molar-refractivity contribution in [3.8, 4) is 0 Å². The minimum absolute atomic E-state index is 0.442. The summed E-state index contributed by atoms with van der Waals surface area (Å²) < 4.78 is 38.2. The lowest BCUT2D eigenvalue weighted by Crippen LogP contribution is -2.47. The first kappa shape index (κ1) is 25.3. The van der Waals surface area contributed by atoms with Gasteiger partial charge in [0.2, 0.25) is 0 Å². The lowest BCUT2D eigenvalue weighted by molar-refractivity contribution is 0.00578. The molecule has 1 aromatic carbocycles. The first-order valence-electron chi connectivity index (χ1n) is 12.0. The van der Waals surface area contributed by atoms with Crippen LogP contribution in [0.1, 0.15) is 83.1 Å². The van der Waals surface area contributed by atoms with Gasteiger partial charge in [-0.05, 0) is 99.5 Å².